The van der Waals surface area contributed by atoms with E-state index in [0.717, 1.165) is 6.20 Å². The van der Waals surface area contributed by atoms with Gasteiger partial charge in [-0.1, -0.05) is 11.6 Å². The highest BCUT2D eigenvalue weighted by molar-refractivity contribution is 6.29. The Morgan fingerprint density at radius 2 is 2.24 bits per heavy atom. The van der Waals surface area contributed by atoms with Crippen LogP contribution in [0.25, 0.3) is 11.0 Å². The number of fused-ring (bicyclic) bond motifs is 1. The second kappa shape index (κ2) is 4.06. The van der Waals surface area contributed by atoms with E-state index in [1.165, 1.54) is 6.07 Å². The van der Waals surface area contributed by atoms with Crippen LogP contribution in [0.4, 0.5) is 0 Å². The quantitative estimate of drug-likeness (QED) is 0.618. The molecule has 0 aromatic carbocycles. The molecule has 1 amide bonds. The van der Waals surface area contributed by atoms with Crippen molar-refractivity contribution in [2.24, 2.45) is 5.18 Å². The summed E-state index contributed by atoms with van der Waals surface area (Å²) in [5.41, 5.74) is -0.0472. The van der Waals surface area contributed by atoms with Crippen molar-refractivity contribution in [3.8, 4) is 0 Å². The van der Waals surface area contributed by atoms with E-state index in [4.69, 9.17) is 11.6 Å². The molecule has 0 aliphatic rings. The number of hydrogen-bond donors (Lipinski definition) is 1. The standard InChI is InChI=1S/C10H6ClN3O3/c1-4-2-6(11)13-9-7(4)8(15)5(3-12-9)10(16)14-17/h2-3H,1H3,(H,12,13,15). The molecule has 0 fully saturated rings. The number of aromatic nitrogens is 2. The average molecular weight is 252 g/mol. The molecular formula is C10H6ClN3O3. The molecule has 0 aliphatic heterocycles. The van der Waals surface area contributed by atoms with Gasteiger partial charge in [0, 0.05) is 11.4 Å². The van der Waals surface area contributed by atoms with Crippen LogP contribution in [0.2, 0.25) is 5.15 Å². The SMILES string of the molecule is Cc1cc(Cl)nc2[nH]cc(C(=O)N=O)c(=O)c12. The zero-order valence-corrected chi connectivity index (χ0v) is 9.41. The molecule has 7 heteroatoms. The number of carbonyl (C=O) groups is 1. The Labute approximate surface area is 99.6 Å². The number of H-pyrrole nitrogens is 1. The zero-order valence-electron chi connectivity index (χ0n) is 8.65. The van der Waals surface area contributed by atoms with Gasteiger partial charge in [-0.05, 0) is 18.6 Å². The molecule has 1 N–H and O–H groups in total. The van der Waals surface area contributed by atoms with E-state index in [9.17, 15) is 14.5 Å². The number of hydrogen-bond acceptors (Lipinski definition) is 4. The maximum absolute atomic E-state index is 11.9. The van der Waals surface area contributed by atoms with Gasteiger partial charge in [0.2, 0.25) is 5.43 Å². The van der Waals surface area contributed by atoms with Crippen LogP contribution < -0.4 is 5.43 Å². The Balaban J connectivity index is 2.89. The predicted octanol–water partition coefficient (Wildman–Crippen LogP) is 1.79. The summed E-state index contributed by atoms with van der Waals surface area (Å²) in [6.45, 7) is 1.66. The molecule has 2 aromatic rings. The van der Waals surface area contributed by atoms with Gasteiger partial charge >= 0.3 is 5.91 Å². The number of carbonyl (C=O) groups excluding carboxylic acids is 1. The summed E-state index contributed by atoms with van der Waals surface area (Å²) in [7, 11) is 0. The van der Waals surface area contributed by atoms with Crippen LogP contribution in [0.3, 0.4) is 0 Å². The van der Waals surface area contributed by atoms with Crippen molar-refractivity contribution in [3.05, 3.63) is 43.7 Å². The second-order valence-electron chi connectivity index (χ2n) is 3.41. The first-order chi connectivity index (χ1) is 8.04. The van der Waals surface area contributed by atoms with E-state index in [1.807, 2.05) is 0 Å². The summed E-state index contributed by atoms with van der Waals surface area (Å²) in [5, 5.41) is 2.68. The predicted molar refractivity (Wildman–Crippen MR) is 62.2 cm³/mol. The van der Waals surface area contributed by atoms with Crippen molar-refractivity contribution in [2.75, 3.05) is 0 Å². The lowest BCUT2D eigenvalue weighted by atomic mass is 10.1. The van der Waals surface area contributed by atoms with Crippen LogP contribution >= 0.6 is 11.6 Å². The minimum Gasteiger partial charge on any atom is -0.345 e. The summed E-state index contributed by atoms with van der Waals surface area (Å²) < 4.78 is 0. The first-order valence-electron chi connectivity index (χ1n) is 4.61. The molecule has 6 nitrogen and oxygen atoms in total. The van der Waals surface area contributed by atoms with Crippen LogP contribution in [0.1, 0.15) is 15.9 Å². The van der Waals surface area contributed by atoms with E-state index in [1.54, 1.807) is 6.92 Å². The van der Waals surface area contributed by atoms with E-state index < -0.39 is 11.3 Å². The second-order valence-corrected chi connectivity index (χ2v) is 3.80. The lowest BCUT2D eigenvalue weighted by Crippen LogP contribution is -2.15. The lowest BCUT2D eigenvalue weighted by molar-refractivity contribution is 0.0999. The van der Waals surface area contributed by atoms with Crippen molar-refractivity contribution in [1.29, 1.82) is 0 Å². The van der Waals surface area contributed by atoms with Crippen LogP contribution in [-0.4, -0.2) is 15.9 Å². The number of nitrogens with zero attached hydrogens (tertiary/aromatic N) is 2. The van der Waals surface area contributed by atoms with Crippen LogP contribution in [0.5, 0.6) is 0 Å². The number of nitroso groups, excluding NO2 is 1. The van der Waals surface area contributed by atoms with E-state index in [2.05, 4.69) is 15.1 Å². The number of aryl methyl sites for hydroxylation is 1. The third-order valence-electron chi connectivity index (χ3n) is 2.32. The van der Waals surface area contributed by atoms with Gasteiger partial charge in [0.1, 0.15) is 16.4 Å². The Morgan fingerprint density at radius 3 is 2.88 bits per heavy atom. The van der Waals surface area contributed by atoms with Crippen molar-refractivity contribution in [1.82, 2.24) is 9.97 Å². The summed E-state index contributed by atoms with van der Waals surface area (Å²) in [6.07, 6.45) is 1.11. The van der Waals surface area contributed by atoms with Gasteiger partial charge in [-0.15, -0.1) is 4.91 Å². The van der Waals surface area contributed by atoms with Crippen molar-refractivity contribution in [3.63, 3.8) is 0 Å². The fourth-order valence-electron chi connectivity index (χ4n) is 1.57. The summed E-state index contributed by atoms with van der Waals surface area (Å²) in [6, 6.07) is 1.50. The fraction of sp³-hybridized carbons (Fsp3) is 0.100. The number of amides is 1. The molecule has 86 valence electrons. The molecule has 0 saturated carbocycles. The molecule has 0 radical (unpaired) electrons. The molecule has 0 bridgehead atoms. The topological polar surface area (TPSA) is 92.2 Å². The summed E-state index contributed by atoms with van der Waals surface area (Å²) in [5.74, 6) is -1.11. The van der Waals surface area contributed by atoms with Gasteiger partial charge in [0.15, 0.2) is 0 Å². The van der Waals surface area contributed by atoms with Gasteiger partial charge < -0.3 is 4.98 Å². The zero-order chi connectivity index (χ0) is 12.6. The maximum Gasteiger partial charge on any atom is 0.322 e. The van der Waals surface area contributed by atoms with E-state index in [-0.39, 0.29) is 21.7 Å². The number of pyridine rings is 2. The smallest absolute Gasteiger partial charge is 0.322 e. The number of rotatable bonds is 1. The highest BCUT2D eigenvalue weighted by atomic mass is 35.5. The third-order valence-corrected chi connectivity index (χ3v) is 2.52. The Bertz CT molecular complexity index is 693. The van der Waals surface area contributed by atoms with E-state index >= 15 is 0 Å². The lowest BCUT2D eigenvalue weighted by Gasteiger charge is -2.02. The van der Waals surface area contributed by atoms with Crippen LogP contribution in [0, 0.1) is 11.8 Å². The van der Waals surface area contributed by atoms with Gasteiger partial charge in [-0.2, -0.15) is 0 Å². The van der Waals surface area contributed by atoms with Crippen LogP contribution in [0.15, 0.2) is 22.2 Å². The van der Waals surface area contributed by atoms with Crippen molar-refractivity contribution < 1.29 is 4.79 Å². The number of aromatic amines is 1. The minimum absolute atomic E-state index is 0.226. The fourth-order valence-corrected chi connectivity index (χ4v) is 1.82. The monoisotopic (exact) mass is 251 g/mol. The molecule has 0 unspecified atom stereocenters. The Kier molecular flexibility index (Phi) is 2.72. The third kappa shape index (κ3) is 1.83. The molecule has 0 spiro atoms. The Hall–Kier alpha value is -2.08. The molecule has 2 heterocycles. The maximum atomic E-state index is 11.9. The van der Waals surface area contributed by atoms with Gasteiger partial charge in [0.25, 0.3) is 0 Å². The molecule has 0 aliphatic carbocycles. The summed E-state index contributed by atoms with van der Waals surface area (Å²) in [4.78, 5) is 39.7. The first-order valence-corrected chi connectivity index (χ1v) is 4.98. The average Bonchev–Trinajstić information content (AvgIpc) is 2.27. The molecular weight excluding hydrogens is 246 g/mol. The number of nitrogens with one attached hydrogen (secondary N) is 1. The van der Waals surface area contributed by atoms with Crippen molar-refractivity contribution in [2.45, 2.75) is 6.92 Å². The Morgan fingerprint density at radius 1 is 1.53 bits per heavy atom. The highest BCUT2D eigenvalue weighted by Crippen LogP contribution is 2.16. The number of halogens is 1. The van der Waals surface area contributed by atoms with Crippen LogP contribution in [-0.2, 0) is 0 Å². The highest BCUT2D eigenvalue weighted by Gasteiger charge is 2.15. The first kappa shape index (κ1) is 11.4. The normalized spacial score (nSPS) is 10.5. The summed E-state index contributed by atoms with van der Waals surface area (Å²) >= 11 is 5.74. The minimum atomic E-state index is -1.11. The molecule has 0 atom stereocenters. The molecule has 17 heavy (non-hydrogen) atoms. The molecule has 2 aromatic heterocycles. The molecule has 0 saturated heterocycles. The van der Waals surface area contributed by atoms with Gasteiger partial charge in [-0.25, -0.2) is 4.98 Å². The molecule has 2 rings (SSSR count). The van der Waals surface area contributed by atoms with Gasteiger partial charge in [-0.3, -0.25) is 9.59 Å². The van der Waals surface area contributed by atoms with Gasteiger partial charge in [0.05, 0.1) is 5.39 Å². The van der Waals surface area contributed by atoms with E-state index in [0.29, 0.717) is 5.56 Å². The largest absolute Gasteiger partial charge is 0.345 e. The van der Waals surface area contributed by atoms with Crippen molar-refractivity contribution >= 4 is 28.5 Å².